The zero-order valence-corrected chi connectivity index (χ0v) is 36.6. The van der Waals surface area contributed by atoms with E-state index in [1.165, 1.54) is 78.7 Å². The van der Waals surface area contributed by atoms with Gasteiger partial charge in [-0.1, -0.05) is 24.3 Å². The second-order valence-corrected chi connectivity index (χ2v) is 15.7. The van der Waals surface area contributed by atoms with Crippen LogP contribution in [0.2, 0.25) is 0 Å². The molecule has 1 N–H and O–H groups in total. The number of rotatable bonds is 0. The van der Waals surface area contributed by atoms with E-state index in [-0.39, 0.29) is 0 Å². The number of aliphatic imine (C=N–C) groups is 1. The lowest BCUT2D eigenvalue weighted by atomic mass is 10.1. The summed E-state index contributed by atoms with van der Waals surface area (Å²) in [6.45, 7) is 7.41. The van der Waals surface area contributed by atoms with E-state index in [9.17, 15) is 0 Å². The molecule has 0 bridgehead atoms. The number of para-hydroxylation sites is 1. The van der Waals surface area contributed by atoms with Crippen LogP contribution in [0.1, 0.15) is 49.2 Å². The predicted molar refractivity (Wildman–Crippen MR) is 253 cm³/mol. The second-order valence-electron chi connectivity index (χ2n) is 15.7. The number of nitrogens with zero attached hydrogens (tertiary/aromatic N) is 12. The minimum absolute atomic E-state index is 0.722. The summed E-state index contributed by atoms with van der Waals surface area (Å²) in [5.74, 6) is 0. The average Bonchev–Trinajstić information content (AvgIpc) is 4.26. The van der Waals surface area contributed by atoms with Gasteiger partial charge in [0.05, 0.1) is 80.9 Å². The van der Waals surface area contributed by atoms with Gasteiger partial charge in [0.25, 0.3) is 0 Å². The highest BCUT2D eigenvalue weighted by Gasteiger charge is 2.14. The lowest BCUT2D eigenvalue weighted by Gasteiger charge is -2.13. The molecule has 9 aromatic rings. The molecule has 13 heterocycles. The van der Waals surface area contributed by atoms with Crippen LogP contribution < -0.4 is 0 Å². The highest BCUT2D eigenvalue weighted by atomic mass is 16.5. The van der Waals surface area contributed by atoms with Crippen molar-refractivity contribution in [3.05, 3.63) is 170 Å². The summed E-state index contributed by atoms with van der Waals surface area (Å²) in [4.78, 5) is 28.2. The Morgan fingerprint density at radius 1 is 0.523 bits per heavy atom. The number of benzene rings is 1. The molecule has 0 saturated heterocycles. The normalized spacial score (nSPS) is 15.1. The Kier molecular flexibility index (Phi) is 16.4. The van der Waals surface area contributed by atoms with Gasteiger partial charge in [0.15, 0.2) is 0 Å². The minimum atomic E-state index is 0.722. The largest absolute Gasteiger partial charge is 0.376 e. The third-order valence-corrected chi connectivity index (χ3v) is 11.3. The third-order valence-electron chi connectivity index (χ3n) is 11.3. The van der Waals surface area contributed by atoms with Crippen LogP contribution in [-0.4, -0.2) is 91.6 Å². The molecular weight excluding hydrogens is 815 g/mol. The highest BCUT2D eigenvalue weighted by molar-refractivity contribution is 5.83. The first-order valence-corrected chi connectivity index (χ1v) is 22.3. The molecule has 65 heavy (non-hydrogen) atoms. The molecule has 8 aromatic heterocycles. The number of aromatic amines is 1. The first-order valence-electron chi connectivity index (χ1n) is 22.3. The first kappa shape index (κ1) is 44.4. The van der Waals surface area contributed by atoms with Gasteiger partial charge in [-0.15, -0.1) is 0 Å². The average molecular weight is 870 g/mol. The predicted octanol–water partition coefficient (Wildman–Crippen LogP) is 8.46. The Hall–Kier alpha value is -7.23. The van der Waals surface area contributed by atoms with E-state index in [1.54, 1.807) is 31.0 Å². The van der Waals surface area contributed by atoms with Crippen molar-refractivity contribution >= 4 is 38.8 Å². The molecule has 0 spiro atoms. The van der Waals surface area contributed by atoms with E-state index in [0.29, 0.717) is 0 Å². The molecule has 1 aromatic carbocycles. The van der Waals surface area contributed by atoms with Crippen LogP contribution in [0.3, 0.4) is 0 Å². The van der Waals surface area contributed by atoms with Gasteiger partial charge in [-0.3, -0.25) is 34.7 Å². The summed E-state index contributed by atoms with van der Waals surface area (Å²) in [6.07, 6.45) is 34.5. The maximum absolute atomic E-state index is 5.23. The maximum Gasteiger partial charge on any atom is 0.0949 e. The topological polar surface area (TPSA) is 165 Å². The molecule has 332 valence electrons. The fourth-order valence-electron chi connectivity index (χ4n) is 7.63. The molecule has 0 amide bonds. The van der Waals surface area contributed by atoms with Gasteiger partial charge in [-0.2, -0.15) is 10.2 Å². The summed E-state index contributed by atoms with van der Waals surface area (Å²) in [5, 5.41) is 15.5. The summed E-state index contributed by atoms with van der Waals surface area (Å²) >= 11 is 0. The summed E-state index contributed by atoms with van der Waals surface area (Å²) in [6, 6.07) is 19.9. The number of aromatic nitrogens is 12. The fourth-order valence-corrected chi connectivity index (χ4v) is 7.63. The molecule has 0 atom stereocenters. The number of nitrogens with one attached hydrogen (secondary N) is 1. The van der Waals surface area contributed by atoms with Gasteiger partial charge in [-0.25, -0.2) is 9.97 Å². The quantitative estimate of drug-likeness (QED) is 0.156. The number of aryl methyl sites for hydroxylation is 4. The number of hydrogen-bond donors (Lipinski definition) is 1. The van der Waals surface area contributed by atoms with Gasteiger partial charge in [0, 0.05) is 103 Å². The molecule has 0 saturated carbocycles. The van der Waals surface area contributed by atoms with Crippen LogP contribution in [0.5, 0.6) is 0 Å². The van der Waals surface area contributed by atoms with Gasteiger partial charge in [-0.05, 0) is 97.9 Å². The molecule has 0 fully saturated rings. The number of fused-ring (bicyclic) bond motifs is 6. The van der Waals surface area contributed by atoms with E-state index in [0.717, 1.165) is 79.7 Å². The third kappa shape index (κ3) is 13.2. The summed E-state index contributed by atoms with van der Waals surface area (Å²) < 4.78 is 16.9. The Labute approximate surface area is 378 Å². The van der Waals surface area contributed by atoms with Crippen molar-refractivity contribution in [2.45, 2.75) is 71.2 Å². The lowest BCUT2D eigenvalue weighted by Crippen LogP contribution is -2.14. The highest BCUT2D eigenvalue weighted by Crippen LogP contribution is 2.18. The van der Waals surface area contributed by atoms with Crippen LogP contribution in [0.15, 0.2) is 158 Å². The van der Waals surface area contributed by atoms with E-state index >= 15 is 0 Å². The Bertz CT molecular complexity index is 2470. The first-order chi connectivity index (χ1) is 32.3. The van der Waals surface area contributed by atoms with Crippen LogP contribution in [-0.2, 0) is 48.6 Å². The molecule has 0 aliphatic carbocycles. The van der Waals surface area contributed by atoms with Crippen molar-refractivity contribution in [3.63, 3.8) is 0 Å². The van der Waals surface area contributed by atoms with E-state index in [1.807, 2.05) is 111 Å². The fraction of sp³-hybridized carbons (Fsp3) is 0.300. The zero-order chi connectivity index (χ0) is 44.1. The minimum Gasteiger partial charge on any atom is -0.376 e. The van der Waals surface area contributed by atoms with Crippen LogP contribution >= 0.6 is 0 Å². The standard InChI is InChI=1S/2C8H6N2.2C7H10N2.C7H6N2.C7H9NO.C6H8N2O/c1-3-9-5-8-6-10-4-2-7(1)8;1-2-7-3-5-9-6-8(7)10-4-1;1-2-6-9-7(3-1)4-5-8-9;1-2-4-9-6-8-5-7(9)3-1;1-2-4-7-6(3-1)5-8-9-7;1-2-9-5-7-4-8-3-6(1)7;1-2-9-4-6-3-7-5-8(1)6/h2*1-6H;4-5H,1-3,6H2;5-6H,1-4H2;1-5H,(H,8,9);4H,1-3,5H2;3,5H,1-2,4H2. The van der Waals surface area contributed by atoms with Gasteiger partial charge in [0.1, 0.15) is 0 Å². The Morgan fingerprint density at radius 2 is 1.26 bits per heavy atom. The zero-order valence-electron chi connectivity index (χ0n) is 36.6. The number of hydrogen-bond acceptors (Lipinski definition) is 11. The van der Waals surface area contributed by atoms with Crippen LogP contribution in [0.4, 0.5) is 0 Å². The van der Waals surface area contributed by atoms with Gasteiger partial charge >= 0.3 is 0 Å². The van der Waals surface area contributed by atoms with E-state index < -0.39 is 0 Å². The van der Waals surface area contributed by atoms with Crippen LogP contribution in [0, 0.1) is 0 Å². The number of ether oxygens (including phenoxy) is 2. The van der Waals surface area contributed by atoms with Gasteiger partial charge in [0.2, 0.25) is 0 Å². The van der Waals surface area contributed by atoms with Gasteiger partial charge < -0.3 is 18.6 Å². The van der Waals surface area contributed by atoms with Crippen molar-refractivity contribution in [3.8, 4) is 0 Å². The van der Waals surface area contributed by atoms with E-state index in [2.05, 4.69) is 70.1 Å². The molecule has 14 rings (SSSR count). The SMILES string of the molecule is C1=NCC2=C1COCC2.c1cc2ccncc2cn1.c1cc2n(n1)CCCC2.c1ccc2[nH]ncc2c1.c1cnc2cnccc2c1.c1ncn2c1CCCC2.c1ncn2c1COCC2. The number of H-pyrrole nitrogens is 1. The molecule has 0 unspecified atom stereocenters. The maximum atomic E-state index is 5.23. The Morgan fingerprint density at radius 3 is 2.03 bits per heavy atom. The summed E-state index contributed by atoms with van der Waals surface area (Å²) in [7, 11) is 0. The second kappa shape index (κ2) is 24.0. The smallest absolute Gasteiger partial charge is 0.0949 e. The van der Waals surface area contributed by atoms with Crippen molar-refractivity contribution in [1.29, 1.82) is 0 Å². The molecule has 5 aliphatic heterocycles. The van der Waals surface area contributed by atoms with Crippen molar-refractivity contribution in [2.75, 3.05) is 26.4 Å². The molecular formula is C50H55N13O2. The number of imidazole rings is 2. The van der Waals surface area contributed by atoms with Crippen molar-refractivity contribution < 1.29 is 9.47 Å². The molecule has 5 aliphatic rings. The van der Waals surface area contributed by atoms with Crippen LogP contribution in [0.25, 0.3) is 32.6 Å². The van der Waals surface area contributed by atoms with Crippen molar-refractivity contribution in [1.82, 2.24) is 59.0 Å². The lowest BCUT2D eigenvalue weighted by molar-refractivity contribution is 0.0850. The molecule has 15 heteroatoms. The number of pyridine rings is 4. The van der Waals surface area contributed by atoms with Crippen molar-refractivity contribution in [2.24, 2.45) is 4.99 Å². The van der Waals surface area contributed by atoms with E-state index in [4.69, 9.17) is 9.47 Å². The Balaban J connectivity index is 0.000000103. The summed E-state index contributed by atoms with van der Waals surface area (Å²) in [5.41, 5.74) is 8.84. The monoisotopic (exact) mass is 869 g/mol. The molecule has 15 nitrogen and oxygen atoms in total. The molecule has 0 radical (unpaired) electrons.